The summed E-state index contributed by atoms with van der Waals surface area (Å²) in [7, 11) is 0. The van der Waals surface area contributed by atoms with E-state index in [1.807, 2.05) is 30.9 Å². The Labute approximate surface area is 125 Å². The highest BCUT2D eigenvalue weighted by Crippen LogP contribution is 2.26. The fourth-order valence-corrected chi connectivity index (χ4v) is 3.52. The molecular formula is C17H22N2O2. The maximum absolute atomic E-state index is 12.7. The summed E-state index contributed by atoms with van der Waals surface area (Å²) in [6.07, 6.45) is 2.35. The second-order valence-corrected chi connectivity index (χ2v) is 6.33. The van der Waals surface area contributed by atoms with Crippen LogP contribution >= 0.6 is 0 Å². The zero-order valence-corrected chi connectivity index (χ0v) is 12.7. The number of hydrogen-bond donors (Lipinski definition) is 1. The van der Waals surface area contributed by atoms with Crippen LogP contribution in [0.1, 0.15) is 40.7 Å². The third kappa shape index (κ3) is 2.80. The Morgan fingerprint density at radius 1 is 1.29 bits per heavy atom. The maximum Gasteiger partial charge on any atom is 0.254 e. The number of rotatable bonds is 1. The fraction of sp³-hybridized carbons (Fsp3) is 0.529. The number of amides is 2. The second-order valence-electron chi connectivity index (χ2n) is 6.33. The lowest BCUT2D eigenvalue weighted by molar-refractivity contribution is -0.125. The van der Waals surface area contributed by atoms with Crippen molar-refractivity contribution in [2.45, 2.75) is 39.2 Å². The molecule has 2 aliphatic heterocycles. The number of nitrogens with zero attached hydrogens (tertiary/aromatic N) is 1. The van der Waals surface area contributed by atoms with Gasteiger partial charge in [0.2, 0.25) is 5.91 Å². The first kappa shape index (κ1) is 14.1. The number of fused-ring (bicyclic) bond motifs is 1. The van der Waals surface area contributed by atoms with Crippen molar-refractivity contribution in [3.8, 4) is 0 Å². The van der Waals surface area contributed by atoms with E-state index >= 15 is 0 Å². The number of hydrogen-bond acceptors (Lipinski definition) is 2. The van der Waals surface area contributed by atoms with Crippen LogP contribution in [0.25, 0.3) is 0 Å². The van der Waals surface area contributed by atoms with Crippen molar-refractivity contribution in [3.05, 3.63) is 34.9 Å². The average Bonchev–Trinajstić information content (AvgIpc) is 2.46. The molecule has 2 unspecified atom stereocenters. The van der Waals surface area contributed by atoms with E-state index < -0.39 is 0 Å². The van der Waals surface area contributed by atoms with Gasteiger partial charge in [0.05, 0.1) is 0 Å². The SMILES string of the molecule is Cc1ccc(C(=O)N2CCC3NC(=O)CCC3C2)c(C)c1. The number of benzene rings is 1. The van der Waals surface area contributed by atoms with Crippen molar-refractivity contribution >= 4 is 11.8 Å². The van der Waals surface area contributed by atoms with E-state index in [-0.39, 0.29) is 17.9 Å². The number of likely N-dealkylation sites (tertiary alicyclic amines) is 1. The molecule has 2 saturated heterocycles. The zero-order chi connectivity index (χ0) is 15.0. The van der Waals surface area contributed by atoms with E-state index in [9.17, 15) is 9.59 Å². The molecule has 2 atom stereocenters. The summed E-state index contributed by atoms with van der Waals surface area (Å²) >= 11 is 0. The van der Waals surface area contributed by atoms with Crippen molar-refractivity contribution in [1.29, 1.82) is 0 Å². The molecule has 2 heterocycles. The molecule has 0 bridgehead atoms. The first-order valence-corrected chi connectivity index (χ1v) is 7.70. The minimum Gasteiger partial charge on any atom is -0.353 e. The zero-order valence-electron chi connectivity index (χ0n) is 12.7. The summed E-state index contributed by atoms with van der Waals surface area (Å²) < 4.78 is 0. The van der Waals surface area contributed by atoms with Gasteiger partial charge in [0.1, 0.15) is 0 Å². The van der Waals surface area contributed by atoms with Crippen LogP contribution in [-0.4, -0.2) is 35.8 Å². The van der Waals surface area contributed by atoms with Gasteiger partial charge in [0.15, 0.2) is 0 Å². The molecule has 0 saturated carbocycles. The minimum atomic E-state index is 0.128. The molecule has 0 aliphatic carbocycles. The van der Waals surface area contributed by atoms with Gasteiger partial charge in [-0.25, -0.2) is 0 Å². The van der Waals surface area contributed by atoms with Crippen LogP contribution < -0.4 is 5.32 Å². The monoisotopic (exact) mass is 286 g/mol. The van der Waals surface area contributed by atoms with Gasteiger partial charge in [-0.3, -0.25) is 9.59 Å². The van der Waals surface area contributed by atoms with Crippen LogP contribution in [-0.2, 0) is 4.79 Å². The van der Waals surface area contributed by atoms with Crippen molar-refractivity contribution in [2.75, 3.05) is 13.1 Å². The smallest absolute Gasteiger partial charge is 0.254 e. The van der Waals surface area contributed by atoms with E-state index in [2.05, 4.69) is 11.4 Å². The topological polar surface area (TPSA) is 49.4 Å². The number of carbonyl (C=O) groups is 2. The molecule has 3 rings (SSSR count). The predicted octanol–water partition coefficient (Wildman–Crippen LogP) is 2.04. The van der Waals surface area contributed by atoms with Crippen LogP contribution in [0.4, 0.5) is 0 Å². The van der Waals surface area contributed by atoms with E-state index in [0.29, 0.717) is 12.3 Å². The van der Waals surface area contributed by atoms with Gasteiger partial charge >= 0.3 is 0 Å². The van der Waals surface area contributed by atoms with Crippen LogP contribution in [0.15, 0.2) is 18.2 Å². The van der Waals surface area contributed by atoms with Crippen molar-refractivity contribution in [3.63, 3.8) is 0 Å². The third-order valence-corrected chi connectivity index (χ3v) is 4.72. The van der Waals surface area contributed by atoms with E-state index in [4.69, 9.17) is 0 Å². The molecule has 4 nitrogen and oxygen atoms in total. The normalized spacial score (nSPS) is 25.2. The van der Waals surface area contributed by atoms with Gasteiger partial charge in [-0.2, -0.15) is 0 Å². The van der Waals surface area contributed by atoms with E-state index in [0.717, 1.165) is 37.1 Å². The molecule has 0 aromatic heterocycles. The molecule has 21 heavy (non-hydrogen) atoms. The lowest BCUT2D eigenvalue weighted by Crippen LogP contribution is -2.55. The molecular weight excluding hydrogens is 264 g/mol. The number of carbonyl (C=O) groups excluding carboxylic acids is 2. The quantitative estimate of drug-likeness (QED) is 0.859. The van der Waals surface area contributed by atoms with Crippen LogP contribution in [0.2, 0.25) is 0 Å². The molecule has 0 radical (unpaired) electrons. The first-order chi connectivity index (χ1) is 10.0. The van der Waals surface area contributed by atoms with E-state index in [1.54, 1.807) is 0 Å². The van der Waals surface area contributed by atoms with Gasteiger partial charge in [-0.05, 0) is 44.2 Å². The number of aryl methyl sites for hydroxylation is 2. The molecule has 0 spiro atoms. The van der Waals surface area contributed by atoms with Gasteiger partial charge in [0, 0.05) is 31.1 Å². The first-order valence-electron chi connectivity index (χ1n) is 7.70. The Morgan fingerprint density at radius 2 is 2.10 bits per heavy atom. The molecule has 2 aliphatic rings. The summed E-state index contributed by atoms with van der Waals surface area (Å²) in [5.41, 5.74) is 3.02. The average molecular weight is 286 g/mol. The largest absolute Gasteiger partial charge is 0.353 e. The van der Waals surface area contributed by atoms with Gasteiger partial charge in [0.25, 0.3) is 5.91 Å². The highest BCUT2D eigenvalue weighted by molar-refractivity contribution is 5.95. The van der Waals surface area contributed by atoms with Gasteiger partial charge in [-0.15, -0.1) is 0 Å². The number of piperidine rings is 2. The number of nitrogens with one attached hydrogen (secondary N) is 1. The Balaban J connectivity index is 1.73. The molecule has 1 aromatic carbocycles. The maximum atomic E-state index is 12.7. The summed E-state index contributed by atoms with van der Waals surface area (Å²) in [5, 5.41) is 3.06. The minimum absolute atomic E-state index is 0.128. The molecule has 1 aromatic rings. The van der Waals surface area contributed by atoms with Crippen molar-refractivity contribution in [2.24, 2.45) is 5.92 Å². The lowest BCUT2D eigenvalue weighted by Gasteiger charge is -2.41. The van der Waals surface area contributed by atoms with Crippen LogP contribution in [0.5, 0.6) is 0 Å². The lowest BCUT2D eigenvalue weighted by atomic mass is 9.85. The summed E-state index contributed by atoms with van der Waals surface area (Å²) in [5.74, 6) is 0.694. The summed E-state index contributed by atoms with van der Waals surface area (Å²) in [4.78, 5) is 26.1. The fourth-order valence-electron chi connectivity index (χ4n) is 3.52. The van der Waals surface area contributed by atoms with Crippen molar-refractivity contribution < 1.29 is 9.59 Å². The molecule has 2 amide bonds. The van der Waals surface area contributed by atoms with Gasteiger partial charge < -0.3 is 10.2 Å². The molecule has 2 fully saturated rings. The standard InChI is InChI=1S/C17H22N2O2/c1-11-3-5-14(12(2)9-11)17(21)19-8-7-15-13(10-19)4-6-16(20)18-15/h3,5,9,13,15H,4,6-8,10H2,1-2H3,(H,18,20). The third-order valence-electron chi connectivity index (χ3n) is 4.72. The Hall–Kier alpha value is -1.84. The highest BCUT2D eigenvalue weighted by Gasteiger charge is 2.35. The molecule has 1 N–H and O–H groups in total. The Morgan fingerprint density at radius 3 is 2.86 bits per heavy atom. The van der Waals surface area contributed by atoms with Crippen molar-refractivity contribution in [1.82, 2.24) is 10.2 Å². The predicted molar refractivity (Wildman–Crippen MR) is 81.1 cm³/mol. The van der Waals surface area contributed by atoms with Crippen LogP contribution in [0, 0.1) is 19.8 Å². The Bertz CT molecular complexity index is 582. The summed E-state index contributed by atoms with van der Waals surface area (Å²) in [6.45, 7) is 5.52. The molecule has 112 valence electrons. The summed E-state index contributed by atoms with van der Waals surface area (Å²) in [6, 6.07) is 6.24. The second kappa shape index (κ2) is 5.51. The highest BCUT2D eigenvalue weighted by atomic mass is 16.2. The van der Waals surface area contributed by atoms with Crippen LogP contribution in [0.3, 0.4) is 0 Å². The molecule has 4 heteroatoms. The Kier molecular flexibility index (Phi) is 3.70. The van der Waals surface area contributed by atoms with Gasteiger partial charge in [-0.1, -0.05) is 17.7 Å². The van der Waals surface area contributed by atoms with E-state index in [1.165, 1.54) is 5.56 Å².